The molecule has 0 bridgehead atoms. The smallest absolute Gasteiger partial charge is 0.221 e. The summed E-state index contributed by atoms with van der Waals surface area (Å²) in [6.07, 6.45) is 4.47. The van der Waals surface area contributed by atoms with E-state index in [0.29, 0.717) is 6.04 Å². The molecule has 2 heterocycles. The van der Waals surface area contributed by atoms with Crippen molar-refractivity contribution in [2.75, 3.05) is 32.1 Å². The number of hydrogen-bond acceptors (Lipinski definition) is 5. The molecule has 1 atom stereocenters. The second kappa shape index (κ2) is 7.59. The van der Waals surface area contributed by atoms with Gasteiger partial charge in [0.05, 0.1) is 12.2 Å². The summed E-state index contributed by atoms with van der Waals surface area (Å²) in [7, 11) is 2.20. The van der Waals surface area contributed by atoms with Crippen LogP contribution in [0.15, 0.2) is 0 Å². The molecule has 0 spiro atoms. The molecule has 1 aliphatic rings. The maximum Gasteiger partial charge on any atom is 0.221 e. The predicted octanol–water partition coefficient (Wildman–Crippen LogP) is 2.64. The van der Waals surface area contributed by atoms with Gasteiger partial charge in [0.15, 0.2) is 0 Å². The molecule has 1 aromatic heterocycles. The Morgan fingerprint density at radius 3 is 2.76 bits per heavy atom. The lowest BCUT2D eigenvalue weighted by Gasteiger charge is -2.20. The summed E-state index contributed by atoms with van der Waals surface area (Å²) in [5, 5.41) is 3.29. The van der Waals surface area contributed by atoms with E-state index in [9.17, 15) is 0 Å². The summed E-state index contributed by atoms with van der Waals surface area (Å²) >= 11 is 0. The molecule has 0 saturated carbocycles. The minimum absolute atomic E-state index is 0.658. The first kappa shape index (κ1) is 16.0. The molecular formula is C16H28N4O. The molecule has 1 aromatic rings. The van der Waals surface area contributed by atoms with E-state index >= 15 is 0 Å². The summed E-state index contributed by atoms with van der Waals surface area (Å²) in [5.74, 6) is 2.47. The van der Waals surface area contributed by atoms with Crippen LogP contribution in [0.1, 0.15) is 44.5 Å². The fraction of sp³-hybridized carbons (Fsp3) is 0.750. The number of likely N-dealkylation sites (tertiary alicyclic amines) is 1. The lowest BCUT2D eigenvalue weighted by atomic mass is 10.1. The number of aromatic nitrogens is 2. The molecule has 21 heavy (non-hydrogen) atoms. The van der Waals surface area contributed by atoms with Gasteiger partial charge in [-0.25, -0.2) is 4.98 Å². The van der Waals surface area contributed by atoms with Gasteiger partial charge in [0.25, 0.3) is 0 Å². The molecule has 1 N–H and O–H groups in total. The third-order valence-corrected chi connectivity index (χ3v) is 4.17. The first-order chi connectivity index (χ1) is 10.2. The van der Waals surface area contributed by atoms with Gasteiger partial charge in [0, 0.05) is 19.0 Å². The Balaban J connectivity index is 1.99. The van der Waals surface area contributed by atoms with E-state index in [1.54, 1.807) is 0 Å². The van der Waals surface area contributed by atoms with Crippen LogP contribution in [0.5, 0.6) is 5.88 Å². The SMILES string of the molecule is CCNc1nc(CC)nc(OCCC2CCCN2C)c1C. The summed E-state index contributed by atoms with van der Waals surface area (Å²) < 4.78 is 5.96. The Labute approximate surface area is 128 Å². The van der Waals surface area contributed by atoms with Crippen LogP contribution in [0.4, 0.5) is 5.82 Å². The maximum atomic E-state index is 5.96. The number of anilines is 1. The van der Waals surface area contributed by atoms with Crippen molar-refractivity contribution < 1.29 is 4.74 Å². The van der Waals surface area contributed by atoms with E-state index < -0.39 is 0 Å². The quantitative estimate of drug-likeness (QED) is 0.837. The van der Waals surface area contributed by atoms with Gasteiger partial charge in [-0.05, 0) is 46.7 Å². The first-order valence-corrected chi connectivity index (χ1v) is 8.10. The molecule has 0 amide bonds. The minimum Gasteiger partial charge on any atom is -0.477 e. The van der Waals surface area contributed by atoms with Crippen molar-refractivity contribution in [1.29, 1.82) is 0 Å². The zero-order valence-electron chi connectivity index (χ0n) is 13.8. The van der Waals surface area contributed by atoms with Crippen LogP contribution < -0.4 is 10.1 Å². The zero-order valence-corrected chi connectivity index (χ0v) is 13.8. The Hall–Kier alpha value is -1.36. The van der Waals surface area contributed by atoms with Crippen molar-refractivity contribution in [2.24, 2.45) is 0 Å². The highest BCUT2D eigenvalue weighted by molar-refractivity contribution is 5.48. The van der Waals surface area contributed by atoms with Crippen LogP contribution in [-0.4, -0.2) is 47.7 Å². The minimum atomic E-state index is 0.658. The molecule has 1 fully saturated rings. The Morgan fingerprint density at radius 2 is 2.14 bits per heavy atom. The van der Waals surface area contributed by atoms with Crippen LogP contribution in [0.25, 0.3) is 0 Å². The largest absolute Gasteiger partial charge is 0.477 e. The molecule has 0 aromatic carbocycles. The van der Waals surface area contributed by atoms with Crippen LogP contribution in [0, 0.1) is 6.92 Å². The van der Waals surface area contributed by atoms with E-state index in [1.807, 2.05) is 6.92 Å². The summed E-state index contributed by atoms with van der Waals surface area (Å²) in [4.78, 5) is 11.5. The summed E-state index contributed by atoms with van der Waals surface area (Å²) in [5.41, 5.74) is 1.01. The molecule has 0 aliphatic carbocycles. The van der Waals surface area contributed by atoms with Gasteiger partial charge in [-0.15, -0.1) is 0 Å². The Kier molecular flexibility index (Phi) is 5.79. The average Bonchev–Trinajstić information content (AvgIpc) is 2.88. The van der Waals surface area contributed by atoms with Crippen molar-refractivity contribution in [1.82, 2.24) is 14.9 Å². The second-order valence-electron chi connectivity index (χ2n) is 5.72. The number of rotatable bonds is 7. The fourth-order valence-electron chi connectivity index (χ4n) is 2.81. The van der Waals surface area contributed by atoms with E-state index in [1.165, 1.54) is 19.4 Å². The molecule has 1 unspecified atom stereocenters. The molecule has 5 nitrogen and oxygen atoms in total. The highest BCUT2D eigenvalue weighted by Crippen LogP contribution is 2.23. The summed E-state index contributed by atoms with van der Waals surface area (Å²) in [6, 6.07) is 0.658. The van der Waals surface area contributed by atoms with Crippen LogP contribution in [0.3, 0.4) is 0 Å². The third kappa shape index (κ3) is 4.06. The molecule has 2 rings (SSSR count). The first-order valence-electron chi connectivity index (χ1n) is 8.10. The van der Waals surface area contributed by atoms with Crippen molar-refractivity contribution >= 4 is 5.82 Å². The van der Waals surface area contributed by atoms with Crippen molar-refractivity contribution in [3.05, 3.63) is 11.4 Å². The highest BCUT2D eigenvalue weighted by Gasteiger charge is 2.20. The second-order valence-corrected chi connectivity index (χ2v) is 5.72. The Bertz CT molecular complexity index is 464. The van der Waals surface area contributed by atoms with Gasteiger partial charge in [0.1, 0.15) is 11.6 Å². The van der Waals surface area contributed by atoms with Gasteiger partial charge in [-0.3, -0.25) is 0 Å². The van der Waals surface area contributed by atoms with E-state index in [2.05, 4.69) is 41.1 Å². The highest BCUT2D eigenvalue weighted by atomic mass is 16.5. The monoisotopic (exact) mass is 292 g/mol. The molecule has 0 radical (unpaired) electrons. The molecular weight excluding hydrogens is 264 g/mol. The number of ether oxygens (including phenoxy) is 1. The number of nitrogens with one attached hydrogen (secondary N) is 1. The maximum absolute atomic E-state index is 5.96. The molecule has 5 heteroatoms. The zero-order chi connectivity index (χ0) is 15.2. The standard InChI is InChI=1S/C16H28N4O/c1-5-14-18-15(17-6-2)12(3)16(19-14)21-11-9-13-8-7-10-20(13)4/h13H,5-11H2,1-4H3,(H,17,18,19). The third-order valence-electron chi connectivity index (χ3n) is 4.17. The van der Waals surface area contributed by atoms with Gasteiger partial charge < -0.3 is 15.0 Å². The number of aryl methyl sites for hydroxylation is 1. The van der Waals surface area contributed by atoms with Crippen molar-refractivity contribution in [3.8, 4) is 5.88 Å². The van der Waals surface area contributed by atoms with Crippen LogP contribution in [-0.2, 0) is 6.42 Å². The van der Waals surface area contributed by atoms with Gasteiger partial charge in [-0.2, -0.15) is 4.98 Å². The van der Waals surface area contributed by atoms with Crippen molar-refractivity contribution in [2.45, 2.75) is 52.5 Å². The summed E-state index contributed by atoms with van der Waals surface area (Å²) in [6.45, 7) is 8.95. The van der Waals surface area contributed by atoms with E-state index in [0.717, 1.165) is 49.1 Å². The predicted molar refractivity (Wildman–Crippen MR) is 86.1 cm³/mol. The van der Waals surface area contributed by atoms with Crippen LogP contribution >= 0.6 is 0 Å². The lowest BCUT2D eigenvalue weighted by molar-refractivity contribution is 0.227. The molecule has 1 aliphatic heterocycles. The van der Waals surface area contributed by atoms with E-state index in [4.69, 9.17) is 4.74 Å². The van der Waals surface area contributed by atoms with Gasteiger partial charge >= 0.3 is 0 Å². The van der Waals surface area contributed by atoms with Gasteiger partial charge in [-0.1, -0.05) is 6.92 Å². The van der Waals surface area contributed by atoms with Crippen LogP contribution in [0.2, 0.25) is 0 Å². The molecule has 118 valence electrons. The van der Waals surface area contributed by atoms with Crippen molar-refractivity contribution in [3.63, 3.8) is 0 Å². The Morgan fingerprint density at radius 1 is 1.33 bits per heavy atom. The fourth-order valence-corrected chi connectivity index (χ4v) is 2.81. The lowest BCUT2D eigenvalue weighted by Crippen LogP contribution is -2.26. The number of hydrogen-bond donors (Lipinski definition) is 1. The normalized spacial score (nSPS) is 19.0. The van der Waals surface area contributed by atoms with E-state index in [-0.39, 0.29) is 0 Å². The topological polar surface area (TPSA) is 50.3 Å². The van der Waals surface area contributed by atoms with Gasteiger partial charge in [0.2, 0.25) is 5.88 Å². The number of nitrogens with zero attached hydrogens (tertiary/aromatic N) is 3. The molecule has 1 saturated heterocycles. The average molecular weight is 292 g/mol.